The highest BCUT2D eigenvalue weighted by Gasteiger charge is 2.47. The molecule has 1 atom stereocenters. The van der Waals surface area contributed by atoms with Crippen molar-refractivity contribution in [2.45, 2.75) is 36.1 Å². The first-order valence-electron chi connectivity index (χ1n) is 11.5. The van der Waals surface area contributed by atoms with Crippen molar-refractivity contribution in [3.8, 4) is 17.6 Å². The molecule has 2 aliphatic rings. The minimum atomic E-state index is -1.46. The van der Waals surface area contributed by atoms with Gasteiger partial charge in [-0.2, -0.15) is 5.26 Å². The molecule has 8 nitrogen and oxygen atoms in total. The highest BCUT2D eigenvalue weighted by molar-refractivity contribution is 7.97. The van der Waals surface area contributed by atoms with Gasteiger partial charge in [0.2, 0.25) is 5.91 Å². The SMILES string of the molecule is Cn1cncc1C1(C(=O)CC2CC2)NC(=O)CCNSc2cccc(c2)Oc2cc1ccc2C#N. The molecule has 1 unspecified atom stereocenters. The molecule has 2 heterocycles. The van der Waals surface area contributed by atoms with Crippen LogP contribution in [-0.2, 0) is 22.2 Å². The summed E-state index contributed by atoms with van der Waals surface area (Å²) in [5, 5.41) is 12.8. The maximum absolute atomic E-state index is 14.0. The predicted molar refractivity (Wildman–Crippen MR) is 131 cm³/mol. The Labute approximate surface area is 207 Å². The van der Waals surface area contributed by atoms with Gasteiger partial charge in [0.15, 0.2) is 11.3 Å². The summed E-state index contributed by atoms with van der Waals surface area (Å²) in [5.41, 5.74) is -0.0408. The van der Waals surface area contributed by atoms with E-state index in [0.29, 0.717) is 47.2 Å². The Morgan fingerprint density at radius 2 is 2.17 bits per heavy atom. The first kappa shape index (κ1) is 23.1. The summed E-state index contributed by atoms with van der Waals surface area (Å²) in [6, 6.07) is 14.7. The van der Waals surface area contributed by atoms with Crippen LogP contribution in [0.2, 0.25) is 0 Å². The van der Waals surface area contributed by atoms with Crippen molar-refractivity contribution >= 4 is 23.6 Å². The smallest absolute Gasteiger partial charge is 0.222 e. The van der Waals surface area contributed by atoms with Crippen LogP contribution in [0.25, 0.3) is 0 Å². The van der Waals surface area contributed by atoms with Crippen molar-refractivity contribution in [1.82, 2.24) is 19.6 Å². The molecule has 5 rings (SSSR count). The second-order valence-corrected chi connectivity index (χ2v) is 9.87. The lowest BCUT2D eigenvalue weighted by Gasteiger charge is -2.35. The molecule has 35 heavy (non-hydrogen) atoms. The van der Waals surface area contributed by atoms with Crippen LogP contribution in [0.4, 0.5) is 0 Å². The van der Waals surface area contributed by atoms with Gasteiger partial charge in [-0.15, -0.1) is 0 Å². The summed E-state index contributed by atoms with van der Waals surface area (Å²) in [6.07, 6.45) is 5.76. The van der Waals surface area contributed by atoms with Gasteiger partial charge >= 0.3 is 0 Å². The monoisotopic (exact) mass is 487 g/mol. The molecule has 1 aliphatic carbocycles. The van der Waals surface area contributed by atoms with Gasteiger partial charge in [-0.05, 0) is 66.6 Å². The molecule has 3 aromatic rings. The molecule has 1 aliphatic heterocycles. The molecule has 1 fully saturated rings. The number of carbonyl (C=O) groups is 2. The number of aryl methyl sites for hydroxylation is 1. The van der Waals surface area contributed by atoms with Crippen molar-refractivity contribution in [3.63, 3.8) is 0 Å². The number of fused-ring (bicyclic) bond motifs is 4. The van der Waals surface area contributed by atoms with Crippen LogP contribution in [0.3, 0.4) is 0 Å². The number of rotatable bonds is 4. The third-order valence-electron chi connectivity index (χ3n) is 6.33. The maximum Gasteiger partial charge on any atom is 0.222 e. The van der Waals surface area contributed by atoms with E-state index in [1.54, 1.807) is 42.3 Å². The minimum absolute atomic E-state index is 0.107. The number of benzene rings is 2. The fourth-order valence-electron chi connectivity index (χ4n) is 4.34. The second kappa shape index (κ2) is 9.56. The molecule has 1 amide bonds. The molecule has 4 bridgehead atoms. The number of nitrogens with zero attached hydrogens (tertiary/aromatic N) is 3. The molecule has 0 spiro atoms. The van der Waals surface area contributed by atoms with Crippen LogP contribution < -0.4 is 14.8 Å². The quantitative estimate of drug-likeness (QED) is 0.539. The lowest BCUT2D eigenvalue weighted by molar-refractivity contribution is -0.131. The van der Waals surface area contributed by atoms with Gasteiger partial charge < -0.3 is 14.6 Å². The van der Waals surface area contributed by atoms with Crippen molar-refractivity contribution in [2.75, 3.05) is 6.54 Å². The van der Waals surface area contributed by atoms with E-state index in [1.165, 1.54) is 11.9 Å². The summed E-state index contributed by atoms with van der Waals surface area (Å²) in [4.78, 5) is 32.4. The molecule has 2 N–H and O–H groups in total. The zero-order valence-electron chi connectivity index (χ0n) is 19.3. The molecular weight excluding hydrogens is 462 g/mol. The lowest BCUT2D eigenvalue weighted by Crippen LogP contribution is -2.54. The zero-order valence-corrected chi connectivity index (χ0v) is 20.1. The molecule has 178 valence electrons. The fourth-order valence-corrected chi connectivity index (χ4v) is 5.04. The number of amides is 1. The highest BCUT2D eigenvalue weighted by Crippen LogP contribution is 2.41. The van der Waals surface area contributed by atoms with Crippen LogP contribution in [0.15, 0.2) is 59.9 Å². The Balaban J connectivity index is 1.72. The van der Waals surface area contributed by atoms with Crippen molar-refractivity contribution in [3.05, 3.63) is 71.8 Å². The van der Waals surface area contributed by atoms with Gasteiger partial charge in [0.25, 0.3) is 0 Å². The van der Waals surface area contributed by atoms with Gasteiger partial charge in [0.1, 0.15) is 17.6 Å². The van der Waals surface area contributed by atoms with Gasteiger partial charge in [0, 0.05) is 31.3 Å². The Bertz CT molecular complexity index is 1330. The van der Waals surface area contributed by atoms with E-state index < -0.39 is 5.54 Å². The van der Waals surface area contributed by atoms with E-state index in [4.69, 9.17) is 4.74 Å². The lowest BCUT2D eigenvalue weighted by atomic mass is 9.79. The fraction of sp³-hybridized carbons (Fsp3) is 0.308. The number of Topliss-reactive ketones (excluding diaryl/α,β-unsaturated/α-hetero) is 1. The van der Waals surface area contributed by atoms with Crippen molar-refractivity contribution in [2.24, 2.45) is 13.0 Å². The summed E-state index contributed by atoms with van der Waals surface area (Å²) in [6.45, 7) is 0.415. The predicted octanol–water partition coefficient (Wildman–Crippen LogP) is 3.81. The van der Waals surface area contributed by atoms with Crippen LogP contribution in [-0.4, -0.2) is 27.8 Å². The van der Waals surface area contributed by atoms with Crippen LogP contribution in [0, 0.1) is 17.2 Å². The summed E-state index contributed by atoms with van der Waals surface area (Å²) in [5.74, 6) is 0.830. The number of aromatic nitrogens is 2. The van der Waals surface area contributed by atoms with Crippen LogP contribution in [0.1, 0.15) is 42.5 Å². The number of nitriles is 1. The normalized spacial score (nSPS) is 20.2. The number of carbonyl (C=O) groups excluding carboxylic acids is 2. The molecule has 9 heteroatoms. The minimum Gasteiger partial charge on any atom is -0.456 e. The number of ether oxygens (including phenoxy) is 1. The van der Waals surface area contributed by atoms with Crippen molar-refractivity contribution in [1.29, 1.82) is 5.26 Å². The molecular formula is C26H25N5O3S. The Morgan fingerprint density at radius 1 is 1.31 bits per heavy atom. The highest BCUT2D eigenvalue weighted by atomic mass is 32.2. The van der Waals surface area contributed by atoms with Gasteiger partial charge in [-0.1, -0.05) is 12.1 Å². The van der Waals surface area contributed by atoms with Gasteiger partial charge in [0.05, 0.1) is 23.8 Å². The molecule has 1 aromatic heterocycles. The summed E-state index contributed by atoms with van der Waals surface area (Å²) < 4.78 is 11.1. The largest absolute Gasteiger partial charge is 0.456 e. The molecule has 0 saturated heterocycles. The average Bonchev–Trinajstić information content (AvgIpc) is 3.56. The number of imidazole rings is 1. The van der Waals surface area contributed by atoms with Crippen molar-refractivity contribution < 1.29 is 14.3 Å². The summed E-state index contributed by atoms with van der Waals surface area (Å²) in [7, 11) is 1.80. The van der Waals surface area contributed by atoms with E-state index in [2.05, 4.69) is 21.1 Å². The third-order valence-corrected chi connectivity index (χ3v) is 7.17. The van der Waals surface area contributed by atoms with Gasteiger partial charge in [-0.25, -0.2) is 4.98 Å². The second-order valence-electron chi connectivity index (χ2n) is 8.90. The first-order chi connectivity index (χ1) is 17.0. The van der Waals surface area contributed by atoms with E-state index in [1.807, 2.05) is 24.3 Å². The van der Waals surface area contributed by atoms with Gasteiger partial charge in [-0.3, -0.25) is 14.3 Å². The number of hydrogen-bond donors (Lipinski definition) is 2. The van der Waals surface area contributed by atoms with Crippen LogP contribution in [0.5, 0.6) is 11.5 Å². The van der Waals surface area contributed by atoms with E-state index in [0.717, 1.165) is 17.7 Å². The molecule has 0 radical (unpaired) electrons. The topological polar surface area (TPSA) is 109 Å². The Morgan fingerprint density at radius 3 is 2.91 bits per heavy atom. The van der Waals surface area contributed by atoms with E-state index >= 15 is 0 Å². The van der Waals surface area contributed by atoms with E-state index in [9.17, 15) is 14.9 Å². The third kappa shape index (κ3) is 4.67. The molecule has 1 saturated carbocycles. The van der Waals surface area contributed by atoms with Crippen LogP contribution >= 0.6 is 11.9 Å². The maximum atomic E-state index is 14.0. The Kier molecular flexibility index (Phi) is 6.32. The first-order valence-corrected chi connectivity index (χ1v) is 12.3. The van der Waals surface area contributed by atoms with E-state index in [-0.39, 0.29) is 18.1 Å². The number of nitrogens with one attached hydrogen (secondary N) is 2. The standard InChI is InChI=1S/C26H25N5O3S/c1-31-16-28-15-23(31)26(24(32)11-17-5-6-17)19-8-7-18(14-27)22(12-19)34-20-3-2-4-21(13-20)35-29-10-9-25(33)30-26/h2-4,7-8,12-13,15-17,29H,5-6,9-11H2,1H3,(H,30,33). The molecule has 2 aromatic carbocycles. The Hall–Kier alpha value is -3.61. The number of ketones is 1. The summed E-state index contributed by atoms with van der Waals surface area (Å²) >= 11 is 1.39. The average molecular weight is 488 g/mol. The zero-order chi connectivity index (χ0) is 24.4. The number of hydrogen-bond acceptors (Lipinski definition) is 7.